The van der Waals surface area contributed by atoms with Crippen molar-refractivity contribution in [2.75, 3.05) is 20.6 Å². The third-order valence-corrected chi connectivity index (χ3v) is 7.27. The molecule has 7 heteroatoms. The molecule has 2 aromatic rings. The van der Waals surface area contributed by atoms with E-state index >= 15 is 0 Å². The first kappa shape index (κ1) is 19.3. The van der Waals surface area contributed by atoms with Crippen LogP contribution in [0.5, 0.6) is 0 Å². The maximum absolute atomic E-state index is 12.4. The van der Waals surface area contributed by atoms with E-state index in [0.717, 1.165) is 42.9 Å². The van der Waals surface area contributed by atoms with Crippen molar-refractivity contribution in [1.82, 2.24) is 18.8 Å². The Morgan fingerprint density at radius 1 is 1.23 bits per heavy atom. The molecule has 0 N–H and O–H groups in total. The number of hydrogen-bond acceptors (Lipinski definition) is 4. The van der Waals surface area contributed by atoms with Crippen molar-refractivity contribution >= 4 is 21.1 Å². The number of imidazole rings is 1. The van der Waals surface area contributed by atoms with E-state index in [0.29, 0.717) is 10.9 Å². The summed E-state index contributed by atoms with van der Waals surface area (Å²) in [6, 6.07) is 5.90. The summed E-state index contributed by atoms with van der Waals surface area (Å²) in [7, 11) is -0.340. The normalized spacial score (nSPS) is 19.5. The van der Waals surface area contributed by atoms with Gasteiger partial charge in [-0.3, -0.25) is 4.90 Å². The van der Waals surface area contributed by atoms with Crippen molar-refractivity contribution in [1.29, 1.82) is 0 Å². The van der Waals surface area contributed by atoms with Crippen LogP contribution >= 0.6 is 0 Å². The summed E-state index contributed by atoms with van der Waals surface area (Å²) in [5, 5.41) is 0. The molecule has 0 spiro atoms. The van der Waals surface area contributed by atoms with Crippen LogP contribution in [0.2, 0.25) is 0 Å². The quantitative estimate of drug-likeness (QED) is 0.775. The van der Waals surface area contributed by atoms with E-state index in [9.17, 15) is 8.42 Å². The Kier molecular flexibility index (Phi) is 5.69. The lowest BCUT2D eigenvalue weighted by Gasteiger charge is -2.34. The Hall–Kier alpha value is -1.44. The van der Waals surface area contributed by atoms with E-state index in [1.54, 1.807) is 26.2 Å². The van der Waals surface area contributed by atoms with Gasteiger partial charge in [0.25, 0.3) is 0 Å². The standard InChI is InChI=1S/C19H30N4O2S/c1-5-15-9-7-8-12-22(15)14-19-20-17-13-16(26(24,25)21(3)4)10-11-18(17)23(19)6-2/h10-11,13,15H,5-9,12,14H2,1-4H3. The smallest absolute Gasteiger partial charge is 0.242 e. The molecule has 26 heavy (non-hydrogen) atoms. The second-order valence-corrected chi connectivity index (χ2v) is 9.39. The fraction of sp³-hybridized carbons (Fsp3) is 0.632. The summed E-state index contributed by atoms with van der Waals surface area (Å²) >= 11 is 0. The van der Waals surface area contributed by atoms with Gasteiger partial charge in [-0.05, 0) is 50.9 Å². The molecule has 0 bridgehead atoms. The molecular formula is C19H30N4O2S. The predicted octanol–water partition coefficient (Wildman–Crippen LogP) is 3.07. The maximum atomic E-state index is 12.4. The van der Waals surface area contributed by atoms with E-state index in [1.165, 1.54) is 23.6 Å². The minimum Gasteiger partial charge on any atom is -0.327 e. The average Bonchev–Trinajstić information content (AvgIpc) is 2.98. The number of aryl methyl sites for hydroxylation is 1. The number of fused-ring (bicyclic) bond motifs is 1. The van der Waals surface area contributed by atoms with Crippen LogP contribution in [0.3, 0.4) is 0 Å². The number of piperidine rings is 1. The van der Waals surface area contributed by atoms with Gasteiger partial charge >= 0.3 is 0 Å². The number of nitrogens with zero attached hydrogens (tertiary/aromatic N) is 4. The van der Waals surface area contributed by atoms with E-state index in [4.69, 9.17) is 4.98 Å². The van der Waals surface area contributed by atoms with Gasteiger partial charge in [0.1, 0.15) is 5.82 Å². The molecule has 3 rings (SSSR count). The van der Waals surface area contributed by atoms with Gasteiger partial charge in [0.15, 0.2) is 0 Å². The lowest BCUT2D eigenvalue weighted by Crippen LogP contribution is -2.39. The lowest BCUT2D eigenvalue weighted by molar-refractivity contribution is 0.131. The molecule has 1 aliphatic rings. The van der Waals surface area contributed by atoms with Gasteiger partial charge < -0.3 is 4.57 Å². The molecule has 2 heterocycles. The fourth-order valence-electron chi connectivity index (χ4n) is 3.92. The SMILES string of the molecule is CCC1CCCCN1Cc1nc2cc(S(=O)(=O)N(C)C)ccc2n1CC. The highest BCUT2D eigenvalue weighted by Gasteiger charge is 2.24. The number of rotatable bonds is 6. The highest BCUT2D eigenvalue weighted by Crippen LogP contribution is 2.25. The molecule has 1 aliphatic heterocycles. The Morgan fingerprint density at radius 2 is 2.00 bits per heavy atom. The summed E-state index contributed by atoms with van der Waals surface area (Å²) in [5.74, 6) is 1.03. The van der Waals surface area contributed by atoms with Gasteiger partial charge in [0.05, 0.1) is 22.5 Å². The van der Waals surface area contributed by atoms with Crippen LogP contribution in [0.1, 0.15) is 45.4 Å². The van der Waals surface area contributed by atoms with Crippen LogP contribution in [0.4, 0.5) is 0 Å². The van der Waals surface area contributed by atoms with Crippen molar-refractivity contribution in [3.05, 3.63) is 24.0 Å². The zero-order valence-electron chi connectivity index (χ0n) is 16.3. The molecular weight excluding hydrogens is 348 g/mol. The molecule has 0 aliphatic carbocycles. The number of hydrogen-bond donors (Lipinski definition) is 0. The van der Waals surface area contributed by atoms with E-state index in [2.05, 4.69) is 23.3 Å². The van der Waals surface area contributed by atoms with Crippen molar-refractivity contribution in [3.8, 4) is 0 Å². The van der Waals surface area contributed by atoms with Crippen LogP contribution in [-0.4, -0.2) is 53.9 Å². The molecule has 1 saturated heterocycles. The molecule has 144 valence electrons. The van der Waals surface area contributed by atoms with Crippen LogP contribution in [-0.2, 0) is 23.1 Å². The van der Waals surface area contributed by atoms with Crippen LogP contribution < -0.4 is 0 Å². The van der Waals surface area contributed by atoms with Crippen molar-refractivity contribution < 1.29 is 8.42 Å². The van der Waals surface area contributed by atoms with Gasteiger partial charge in [-0.1, -0.05) is 13.3 Å². The Morgan fingerprint density at radius 3 is 2.65 bits per heavy atom. The Labute approximate surface area is 156 Å². The zero-order valence-corrected chi connectivity index (χ0v) is 17.1. The van der Waals surface area contributed by atoms with Gasteiger partial charge in [-0.25, -0.2) is 17.7 Å². The summed E-state index contributed by atoms with van der Waals surface area (Å²) in [5.41, 5.74) is 1.76. The van der Waals surface area contributed by atoms with E-state index < -0.39 is 10.0 Å². The minimum absolute atomic E-state index is 0.298. The summed E-state index contributed by atoms with van der Waals surface area (Å²) in [6.07, 6.45) is 4.98. The summed E-state index contributed by atoms with van der Waals surface area (Å²) in [4.78, 5) is 7.65. The zero-order chi connectivity index (χ0) is 18.9. The first-order chi connectivity index (χ1) is 12.4. The predicted molar refractivity (Wildman–Crippen MR) is 105 cm³/mol. The first-order valence-corrected chi connectivity index (χ1v) is 11.0. The molecule has 0 saturated carbocycles. The average molecular weight is 379 g/mol. The lowest BCUT2D eigenvalue weighted by atomic mass is 10.0. The topological polar surface area (TPSA) is 58.4 Å². The second kappa shape index (κ2) is 7.66. The highest BCUT2D eigenvalue weighted by molar-refractivity contribution is 7.89. The third-order valence-electron chi connectivity index (χ3n) is 5.46. The molecule has 0 radical (unpaired) electrons. The minimum atomic E-state index is -3.44. The van der Waals surface area contributed by atoms with Crippen molar-refractivity contribution in [3.63, 3.8) is 0 Å². The monoisotopic (exact) mass is 378 g/mol. The highest BCUT2D eigenvalue weighted by atomic mass is 32.2. The van der Waals surface area contributed by atoms with Crippen molar-refractivity contribution in [2.24, 2.45) is 0 Å². The van der Waals surface area contributed by atoms with Crippen LogP contribution in [0.25, 0.3) is 11.0 Å². The van der Waals surface area contributed by atoms with E-state index in [1.807, 2.05) is 6.07 Å². The number of benzene rings is 1. The molecule has 1 atom stereocenters. The van der Waals surface area contributed by atoms with Gasteiger partial charge in [-0.2, -0.15) is 0 Å². The third kappa shape index (κ3) is 3.52. The maximum Gasteiger partial charge on any atom is 0.242 e. The second-order valence-electron chi connectivity index (χ2n) is 7.24. The van der Waals surface area contributed by atoms with Gasteiger partial charge in [0.2, 0.25) is 10.0 Å². The Bertz CT molecular complexity index is 873. The van der Waals surface area contributed by atoms with Gasteiger partial charge in [0, 0.05) is 26.7 Å². The molecule has 1 aromatic carbocycles. The number of sulfonamides is 1. The molecule has 0 amide bonds. The molecule has 6 nitrogen and oxygen atoms in total. The summed E-state index contributed by atoms with van der Waals surface area (Å²) < 4.78 is 28.3. The number of aromatic nitrogens is 2. The molecule has 1 fully saturated rings. The fourth-order valence-corrected chi connectivity index (χ4v) is 4.84. The number of likely N-dealkylation sites (tertiary alicyclic amines) is 1. The molecule has 1 aromatic heterocycles. The van der Waals surface area contributed by atoms with Crippen LogP contribution in [0, 0.1) is 0 Å². The largest absolute Gasteiger partial charge is 0.327 e. The summed E-state index contributed by atoms with van der Waals surface area (Å²) in [6.45, 7) is 7.14. The first-order valence-electron chi connectivity index (χ1n) is 9.54. The Balaban J connectivity index is 1.98. The van der Waals surface area contributed by atoms with Crippen LogP contribution in [0.15, 0.2) is 23.1 Å². The van der Waals surface area contributed by atoms with E-state index in [-0.39, 0.29) is 0 Å². The molecule has 1 unspecified atom stereocenters. The van der Waals surface area contributed by atoms with Gasteiger partial charge in [-0.15, -0.1) is 0 Å². The van der Waals surface area contributed by atoms with Crippen molar-refractivity contribution in [2.45, 2.75) is 63.6 Å².